The van der Waals surface area contributed by atoms with Crippen LogP contribution in [0.1, 0.15) is 30.0 Å². The molecule has 0 atom stereocenters. The molecule has 5 rings (SSSR count). The summed E-state index contributed by atoms with van der Waals surface area (Å²) in [5.74, 6) is -0.422. The van der Waals surface area contributed by atoms with Crippen LogP contribution in [0.5, 0.6) is 0 Å². The van der Waals surface area contributed by atoms with Crippen molar-refractivity contribution in [3.05, 3.63) is 78.5 Å². The van der Waals surface area contributed by atoms with Gasteiger partial charge >= 0.3 is 0 Å². The maximum atomic E-state index is 13.3. The number of amides is 1. The van der Waals surface area contributed by atoms with E-state index < -0.39 is 11.4 Å². The molecule has 35 heavy (non-hydrogen) atoms. The highest BCUT2D eigenvalue weighted by atomic mass is 16.2. The maximum absolute atomic E-state index is 13.3. The summed E-state index contributed by atoms with van der Waals surface area (Å²) < 4.78 is 1.68. The Bertz CT molecular complexity index is 1530. The summed E-state index contributed by atoms with van der Waals surface area (Å²) in [6, 6.07) is 17.0. The van der Waals surface area contributed by atoms with E-state index in [1.807, 2.05) is 69.4 Å². The van der Waals surface area contributed by atoms with Gasteiger partial charge in [0.15, 0.2) is 11.5 Å². The summed E-state index contributed by atoms with van der Waals surface area (Å²) in [4.78, 5) is 30.9. The van der Waals surface area contributed by atoms with Crippen molar-refractivity contribution in [2.45, 2.75) is 19.4 Å². The molecule has 0 aliphatic rings. The highest BCUT2D eigenvalue weighted by molar-refractivity contribution is 5.98. The van der Waals surface area contributed by atoms with Crippen LogP contribution in [0.15, 0.2) is 67.1 Å². The van der Waals surface area contributed by atoms with Gasteiger partial charge in [0, 0.05) is 24.4 Å². The molecule has 0 aliphatic carbocycles. The summed E-state index contributed by atoms with van der Waals surface area (Å²) in [7, 11) is 1.82. The number of hydrogen-bond donors (Lipinski definition) is 2. The summed E-state index contributed by atoms with van der Waals surface area (Å²) in [5.41, 5.74) is 10.5. The van der Waals surface area contributed by atoms with Gasteiger partial charge in [-0.3, -0.25) is 4.79 Å². The zero-order chi connectivity index (χ0) is 24.6. The van der Waals surface area contributed by atoms with Gasteiger partial charge < -0.3 is 11.1 Å². The molecule has 0 aliphatic heterocycles. The predicted octanol–water partition coefficient (Wildman–Crippen LogP) is 3.13. The number of anilines is 1. The van der Waals surface area contributed by atoms with E-state index in [-0.39, 0.29) is 11.5 Å². The molecule has 5 aromatic rings. The minimum absolute atomic E-state index is 0.0324. The van der Waals surface area contributed by atoms with Gasteiger partial charge in [0.1, 0.15) is 11.8 Å². The number of nitrogens with one attached hydrogen (secondary N) is 1. The molecule has 10 heteroatoms. The van der Waals surface area contributed by atoms with Crippen molar-refractivity contribution in [2.24, 2.45) is 7.05 Å². The van der Waals surface area contributed by atoms with Gasteiger partial charge in [0.2, 0.25) is 0 Å². The van der Waals surface area contributed by atoms with Crippen LogP contribution < -0.4 is 11.1 Å². The third kappa shape index (κ3) is 4.17. The molecular formula is C25H23N9O. The normalized spacial score (nSPS) is 11.5. The van der Waals surface area contributed by atoms with E-state index in [0.717, 1.165) is 22.2 Å². The van der Waals surface area contributed by atoms with Crippen molar-refractivity contribution in [2.75, 3.05) is 5.73 Å². The largest absolute Gasteiger partial charge is 0.382 e. The summed E-state index contributed by atoms with van der Waals surface area (Å²) in [6.07, 6.45) is 3.06. The Morgan fingerprint density at radius 2 is 1.77 bits per heavy atom. The van der Waals surface area contributed by atoms with Crippen molar-refractivity contribution < 1.29 is 4.79 Å². The van der Waals surface area contributed by atoms with Gasteiger partial charge in [-0.1, -0.05) is 41.6 Å². The number of nitrogens with two attached hydrogens (primary N) is 1. The lowest BCUT2D eigenvalue weighted by molar-refractivity contribution is 0.0906. The molecular weight excluding hydrogens is 442 g/mol. The Balaban J connectivity index is 1.63. The second-order valence-electron chi connectivity index (χ2n) is 8.61. The molecule has 3 N–H and O–H groups in total. The zero-order valence-electron chi connectivity index (χ0n) is 19.5. The van der Waals surface area contributed by atoms with E-state index in [0.29, 0.717) is 17.1 Å². The molecule has 0 saturated carbocycles. The molecule has 2 aromatic carbocycles. The number of benzene rings is 2. The minimum atomic E-state index is -0.786. The van der Waals surface area contributed by atoms with Gasteiger partial charge in [0.05, 0.1) is 28.1 Å². The number of nitrogens with zero attached hydrogens (tertiary/aromatic N) is 7. The summed E-state index contributed by atoms with van der Waals surface area (Å²) >= 11 is 0. The molecule has 10 nitrogen and oxygen atoms in total. The molecule has 0 saturated heterocycles. The molecule has 0 fully saturated rings. The lowest BCUT2D eigenvalue weighted by Gasteiger charge is -2.25. The first-order valence-electron chi connectivity index (χ1n) is 11.0. The fourth-order valence-electron chi connectivity index (χ4n) is 3.86. The fraction of sp³-hybridized carbons (Fsp3) is 0.160. The van der Waals surface area contributed by atoms with Gasteiger partial charge in [-0.05, 0) is 32.0 Å². The Labute approximate surface area is 201 Å². The zero-order valence-corrected chi connectivity index (χ0v) is 19.5. The van der Waals surface area contributed by atoms with E-state index in [9.17, 15) is 4.79 Å². The highest BCUT2D eigenvalue weighted by Crippen LogP contribution is 2.32. The van der Waals surface area contributed by atoms with Crippen molar-refractivity contribution in [1.29, 1.82) is 0 Å². The molecule has 174 valence electrons. The number of aryl methyl sites for hydroxylation is 1. The first kappa shape index (κ1) is 22.1. The van der Waals surface area contributed by atoms with Crippen LogP contribution in [0.3, 0.4) is 0 Å². The standard InChI is InChI=1S/C25H23N9O/c1-25(2,19-11-12-27-14-28-19)31-24(35)22-23(26)30-20(15-7-5-4-6-8-15)21(29-22)16-9-10-17-18(13-16)34(3)33-32-17/h4-14H,1-3H3,(H2,26,30)(H,31,35). The first-order valence-corrected chi connectivity index (χ1v) is 11.0. The molecule has 0 radical (unpaired) electrons. The van der Waals surface area contributed by atoms with E-state index in [1.54, 1.807) is 16.9 Å². The third-order valence-electron chi connectivity index (χ3n) is 5.72. The van der Waals surface area contributed by atoms with Crippen LogP contribution in [0.25, 0.3) is 33.5 Å². The van der Waals surface area contributed by atoms with Crippen LogP contribution in [0, 0.1) is 0 Å². The van der Waals surface area contributed by atoms with Crippen molar-refractivity contribution in [3.63, 3.8) is 0 Å². The highest BCUT2D eigenvalue weighted by Gasteiger charge is 2.28. The van der Waals surface area contributed by atoms with Gasteiger partial charge in [-0.15, -0.1) is 5.10 Å². The van der Waals surface area contributed by atoms with Crippen LogP contribution in [0.2, 0.25) is 0 Å². The molecule has 3 aromatic heterocycles. The summed E-state index contributed by atoms with van der Waals surface area (Å²) in [6.45, 7) is 3.69. The number of nitrogen functional groups attached to an aromatic ring is 1. The van der Waals surface area contributed by atoms with Crippen LogP contribution in [-0.2, 0) is 12.6 Å². The van der Waals surface area contributed by atoms with Crippen LogP contribution in [0.4, 0.5) is 5.82 Å². The Morgan fingerprint density at radius 1 is 1.00 bits per heavy atom. The van der Waals surface area contributed by atoms with Gasteiger partial charge in [-0.25, -0.2) is 24.6 Å². The van der Waals surface area contributed by atoms with E-state index in [1.165, 1.54) is 6.33 Å². The number of carbonyl (C=O) groups is 1. The molecule has 3 heterocycles. The lowest BCUT2D eigenvalue weighted by Crippen LogP contribution is -2.42. The van der Waals surface area contributed by atoms with E-state index in [4.69, 9.17) is 10.7 Å². The first-order chi connectivity index (χ1) is 16.8. The fourth-order valence-corrected chi connectivity index (χ4v) is 3.86. The Kier molecular flexibility index (Phi) is 5.40. The summed E-state index contributed by atoms with van der Waals surface area (Å²) in [5, 5.41) is 11.2. The number of rotatable bonds is 5. The van der Waals surface area contributed by atoms with Crippen molar-refractivity contribution in [1.82, 2.24) is 40.2 Å². The SMILES string of the molecule is Cn1nnc2ccc(-c3nc(C(=O)NC(C)(C)c4ccncn4)c(N)nc3-c3ccccc3)cc21. The predicted molar refractivity (Wildman–Crippen MR) is 132 cm³/mol. The number of carbonyl (C=O) groups excluding carboxylic acids is 1. The molecule has 1 amide bonds. The molecule has 0 bridgehead atoms. The Hall–Kier alpha value is -4.73. The van der Waals surface area contributed by atoms with Crippen LogP contribution in [-0.4, -0.2) is 40.8 Å². The Morgan fingerprint density at radius 3 is 2.51 bits per heavy atom. The number of hydrogen-bond acceptors (Lipinski definition) is 8. The molecule has 0 spiro atoms. The van der Waals surface area contributed by atoms with Crippen molar-refractivity contribution in [3.8, 4) is 22.5 Å². The van der Waals surface area contributed by atoms with Gasteiger partial charge in [-0.2, -0.15) is 0 Å². The average Bonchev–Trinajstić information content (AvgIpc) is 3.24. The second kappa shape index (κ2) is 8.56. The van der Waals surface area contributed by atoms with E-state index in [2.05, 4.69) is 30.6 Å². The van der Waals surface area contributed by atoms with Crippen molar-refractivity contribution >= 4 is 22.8 Å². The minimum Gasteiger partial charge on any atom is -0.382 e. The lowest BCUT2D eigenvalue weighted by atomic mass is 10.00. The smallest absolute Gasteiger partial charge is 0.274 e. The van der Waals surface area contributed by atoms with Gasteiger partial charge in [0.25, 0.3) is 5.91 Å². The maximum Gasteiger partial charge on any atom is 0.274 e. The number of aromatic nitrogens is 7. The average molecular weight is 466 g/mol. The quantitative estimate of drug-likeness (QED) is 0.404. The van der Waals surface area contributed by atoms with E-state index >= 15 is 0 Å². The second-order valence-corrected chi connectivity index (χ2v) is 8.61. The number of fused-ring (bicyclic) bond motifs is 1. The van der Waals surface area contributed by atoms with Crippen LogP contribution >= 0.6 is 0 Å². The topological polar surface area (TPSA) is 137 Å². The monoisotopic (exact) mass is 465 g/mol. The third-order valence-corrected chi connectivity index (χ3v) is 5.72. The molecule has 0 unspecified atom stereocenters.